The number of ether oxygens (including phenoxy) is 1. The van der Waals surface area contributed by atoms with Crippen molar-refractivity contribution >= 4 is 60.7 Å². The Kier molecular flexibility index (Phi) is 12.5. The molecule has 0 saturated heterocycles. The predicted molar refractivity (Wildman–Crippen MR) is 274 cm³/mol. The molecule has 2 aliphatic rings. The molecule has 0 fully saturated rings. The van der Waals surface area contributed by atoms with Crippen LogP contribution in [0.3, 0.4) is 0 Å². The quantitative estimate of drug-likeness (QED) is 0.160. The van der Waals surface area contributed by atoms with Gasteiger partial charge in [-0.3, -0.25) is 0 Å². The van der Waals surface area contributed by atoms with Crippen LogP contribution in [0.15, 0.2) is 227 Å². The molecule has 0 N–H and O–H groups in total. The Morgan fingerprint density at radius 1 is 0.274 bits per heavy atom. The van der Waals surface area contributed by atoms with Gasteiger partial charge in [0, 0.05) is 22.2 Å². The number of benzene rings is 9. The van der Waals surface area contributed by atoms with Gasteiger partial charge in [0.1, 0.15) is 0 Å². The molecule has 2 heterocycles. The second-order valence-electron chi connectivity index (χ2n) is 15.3. The van der Waals surface area contributed by atoms with E-state index in [0.717, 1.165) is 22.2 Å². The van der Waals surface area contributed by atoms with Gasteiger partial charge in [0.15, 0.2) is 8.07 Å². The zero-order valence-corrected chi connectivity index (χ0v) is 39.0. The van der Waals surface area contributed by atoms with Crippen LogP contribution in [-0.2, 0) is 4.74 Å². The maximum absolute atomic E-state index is 4.83. The third kappa shape index (κ3) is 7.45. The Morgan fingerprint density at radius 3 is 0.694 bits per heavy atom. The third-order valence-corrected chi connectivity index (χ3v) is 18.4. The molecule has 0 bridgehead atoms. The monoisotopic (exact) mass is 944 g/mol. The highest BCUT2D eigenvalue weighted by Crippen LogP contribution is 2.41. The van der Waals surface area contributed by atoms with E-state index in [9.17, 15) is 0 Å². The van der Waals surface area contributed by atoms with Crippen LogP contribution in [0.5, 0.6) is 0 Å². The van der Waals surface area contributed by atoms with E-state index in [0.29, 0.717) is 0 Å². The highest BCUT2D eigenvalue weighted by atomic mass is 79.9. The summed E-state index contributed by atoms with van der Waals surface area (Å²) in [6.07, 6.45) is 0. The van der Waals surface area contributed by atoms with Gasteiger partial charge in [-0.1, -0.05) is 238 Å². The number of halogens is 2. The first-order valence-electron chi connectivity index (χ1n) is 21.3. The minimum atomic E-state index is -2.75. The van der Waals surface area contributed by atoms with Crippen molar-refractivity contribution in [3.63, 3.8) is 0 Å². The number of fused-ring (bicyclic) bond motifs is 14. The first-order valence-corrected chi connectivity index (χ1v) is 24.9. The summed E-state index contributed by atoms with van der Waals surface area (Å²) >= 11 is 7.29. The highest BCUT2D eigenvalue weighted by molar-refractivity contribution is 9.11. The van der Waals surface area contributed by atoms with Gasteiger partial charge in [0.25, 0.3) is 0 Å². The zero-order valence-electron chi connectivity index (χ0n) is 34.9. The first-order chi connectivity index (χ1) is 30.6. The summed E-state index contributed by atoms with van der Waals surface area (Å²) in [7, 11) is -2.75. The summed E-state index contributed by atoms with van der Waals surface area (Å²) in [6.45, 7) is 5.67. The smallest absolute Gasteiger partial charge is 0.182 e. The molecule has 0 aliphatic carbocycles. The molecule has 0 atom stereocenters. The maximum atomic E-state index is 4.83. The van der Waals surface area contributed by atoms with Gasteiger partial charge in [-0.2, -0.15) is 0 Å². The first kappa shape index (κ1) is 41.5. The van der Waals surface area contributed by atoms with Crippen molar-refractivity contribution < 1.29 is 4.74 Å². The maximum Gasteiger partial charge on any atom is 0.182 e. The molecular formula is C58H46Br2OSi. The second-order valence-corrected chi connectivity index (χ2v) is 20.7. The topological polar surface area (TPSA) is 9.23 Å². The van der Waals surface area contributed by atoms with Crippen molar-refractivity contribution in [3.8, 4) is 66.8 Å². The average Bonchev–Trinajstić information content (AvgIpc) is 3.51. The molecule has 0 saturated carbocycles. The van der Waals surface area contributed by atoms with Crippen LogP contribution in [0.1, 0.15) is 13.8 Å². The van der Waals surface area contributed by atoms with E-state index < -0.39 is 8.07 Å². The minimum Gasteiger partial charge on any atom is -0.382 e. The van der Waals surface area contributed by atoms with Crippen LogP contribution >= 0.6 is 31.9 Å². The van der Waals surface area contributed by atoms with Crippen LogP contribution in [0.2, 0.25) is 0 Å². The molecule has 2 aliphatic heterocycles. The molecule has 0 amide bonds. The number of hydrogen-bond donors (Lipinski definition) is 0. The predicted octanol–water partition coefficient (Wildman–Crippen LogP) is 13.9. The fourth-order valence-corrected chi connectivity index (χ4v) is 16.1. The Hall–Kier alpha value is -5.88. The Labute approximate surface area is 384 Å². The molecule has 9 aromatic carbocycles. The lowest BCUT2D eigenvalue weighted by Crippen LogP contribution is -2.75. The summed E-state index contributed by atoms with van der Waals surface area (Å²) < 4.78 is 7.05. The summed E-state index contributed by atoms with van der Waals surface area (Å²) in [4.78, 5) is 0. The third-order valence-electron chi connectivity index (χ3n) is 12.0. The molecule has 1 nitrogen and oxygen atoms in total. The molecular weight excluding hydrogens is 901 g/mol. The van der Waals surface area contributed by atoms with E-state index in [-0.39, 0.29) is 0 Å². The molecule has 62 heavy (non-hydrogen) atoms. The number of hydrogen-bond acceptors (Lipinski definition) is 1. The Balaban J connectivity index is 0.000000165. The standard InChI is InChI=1S/C36H24Si.C18H12Br2.C4H10O/c1-2-14-26-25(13-1)29-17-5-9-21-33(29)37(34-22-10-6-18-30(26)34)35-23-11-7-19-31(35)27-15-3-4-16-28(27)32-20-8-12-24-36(32)37;19-17-11-5-3-9-15(17)13-7-1-2-8-14(13)16-10-4-6-12-18(16)20;1-3-5-4-2/h1-24H;1-12H;3-4H2,1-2H3. The zero-order chi connectivity index (χ0) is 42.5. The number of rotatable bonds is 4. The van der Waals surface area contributed by atoms with Crippen LogP contribution in [-0.4, -0.2) is 21.3 Å². The average molecular weight is 947 g/mol. The van der Waals surface area contributed by atoms with Crippen LogP contribution in [0.25, 0.3) is 66.8 Å². The van der Waals surface area contributed by atoms with Gasteiger partial charge in [-0.15, -0.1) is 0 Å². The van der Waals surface area contributed by atoms with E-state index in [1.807, 2.05) is 26.0 Å². The lowest BCUT2D eigenvalue weighted by atomic mass is 9.95. The van der Waals surface area contributed by atoms with Gasteiger partial charge in [0.05, 0.1) is 0 Å². The van der Waals surface area contributed by atoms with E-state index >= 15 is 0 Å². The van der Waals surface area contributed by atoms with Crippen molar-refractivity contribution in [3.05, 3.63) is 227 Å². The van der Waals surface area contributed by atoms with Crippen LogP contribution < -0.4 is 20.7 Å². The van der Waals surface area contributed by atoms with Gasteiger partial charge < -0.3 is 4.74 Å². The summed E-state index contributed by atoms with van der Waals surface area (Å²) in [5, 5.41) is 5.89. The molecule has 302 valence electrons. The van der Waals surface area contributed by atoms with Crippen molar-refractivity contribution in [1.82, 2.24) is 0 Å². The van der Waals surface area contributed by atoms with Gasteiger partial charge >= 0.3 is 0 Å². The highest BCUT2D eigenvalue weighted by Gasteiger charge is 2.49. The largest absolute Gasteiger partial charge is 0.382 e. The van der Waals surface area contributed by atoms with Crippen molar-refractivity contribution in [2.75, 3.05) is 13.2 Å². The SMILES string of the molecule is Brc1ccccc1-c1ccccc1-c1ccccc1Br.CCOCC.c1ccc2c(c1)-c1ccccc1[Si]1(c3ccccc3-2)c2ccccc2-c2ccccc2-c2ccccc21. The fraction of sp³-hybridized carbons (Fsp3) is 0.0690. The molecule has 0 unspecified atom stereocenters. The summed E-state index contributed by atoms with van der Waals surface area (Å²) in [6, 6.07) is 79.9. The molecule has 0 aromatic heterocycles. The van der Waals surface area contributed by atoms with Gasteiger partial charge in [-0.25, -0.2) is 0 Å². The molecule has 4 heteroatoms. The lowest BCUT2D eigenvalue weighted by Gasteiger charge is -2.37. The van der Waals surface area contributed by atoms with Crippen molar-refractivity contribution in [1.29, 1.82) is 0 Å². The van der Waals surface area contributed by atoms with Crippen LogP contribution in [0, 0.1) is 0 Å². The van der Waals surface area contributed by atoms with E-state index in [1.54, 1.807) is 0 Å². The van der Waals surface area contributed by atoms with Gasteiger partial charge in [-0.05, 0) is 113 Å². The van der Waals surface area contributed by atoms with E-state index in [4.69, 9.17) is 4.74 Å². The van der Waals surface area contributed by atoms with Crippen molar-refractivity contribution in [2.24, 2.45) is 0 Å². The molecule has 1 spiro atoms. The molecule has 9 aromatic rings. The van der Waals surface area contributed by atoms with E-state index in [1.165, 1.54) is 87.5 Å². The van der Waals surface area contributed by atoms with E-state index in [2.05, 4.69) is 238 Å². The molecule has 11 rings (SSSR count). The summed E-state index contributed by atoms with van der Waals surface area (Å²) in [5.74, 6) is 0. The normalized spacial score (nSPS) is 12.2. The summed E-state index contributed by atoms with van der Waals surface area (Å²) in [5.41, 5.74) is 15.6. The van der Waals surface area contributed by atoms with Crippen LogP contribution in [0.4, 0.5) is 0 Å². The minimum absolute atomic E-state index is 0.844. The second kappa shape index (κ2) is 18.6. The molecule has 0 radical (unpaired) electrons. The van der Waals surface area contributed by atoms with Gasteiger partial charge in [0.2, 0.25) is 0 Å². The van der Waals surface area contributed by atoms with Crippen molar-refractivity contribution in [2.45, 2.75) is 13.8 Å². The Bertz CT molecular complexity index is 2680. The Morgan fingerprint density at radius 2 is 0.468 bits per heavy atom. The fourth-order valence-electron chi connectivity index (χ4n) is 9.47. The lowest BCUT2D eigenvalue weighted by molar-refractivity contribution is 0.162.